The normalized spacial score (nSPS) is 18.5. The van der Waals surface area contributed by atoms with Crippen LogP contribution in [0.3, 0.4) is 0 Å². The molecule has 3 aliphatic heterocycles. The molecule has 3 aromatic carbocycles. The van der Waals surface area contributed by atoms with E-state index >= 15 is 0 Å². The number of piperazine rings is 1. The van der Waals surface area contributed by atoms with E-state index in [1.807, 2.05) is 10.9 Å². The third-order valence-electron chi connectivity index (χ3n) is 11.4. The highest BCUT2D eigenvalue weighted by molar-refractivity contribution is 6.00. The number of carbonyl (C=O) groups excluding carboxylic acids is 2. The molecule has 0 aliphatic carbocycles. The lowest BCUT2D eigenvalue weighted by atomic mass is 9.98. The lowest BCUT2D eigenvalue weighted by Gasteiger charge is -2.27. The number of hydrogen-bond acceptors (Lipinski definition) is 8. The molecule has 0 unspecified atom stereocenters. The Hall–Kier alpha value is -5.10. The molecule has 2 aromatic heterocycles. The Morgan fingerprint density at radius 2 is 1.67 bits per heavy atom. The second-order valence-corrected chi connectivity index (χ2v) is 15.3. The van der Waals surface area contributed by atoms with E-state index < -0.39 is 0 Å². The highest BCUT2D eigenvalue weighted by Crippen LogP contribution is 2.32. The van der Waals surface area contributed by atoms with Crippen molar-refractivity contribution in [3.8, 4) is 11.1 Å². The van der Waals surface area contributed by atoms with Crippen LogP contribution in [0.4, 0.5) is 5.69 Å². The van der Waals surface area contributed by atoms with Gasteiger partial charge in [0.25, 0.3) is 11.8 Å². The number of fused-ring (bicyclic) bond motifs is 3. The van der Waals surface area contributed by atoms with Crippen LogP contribution in [0.5, 0.6) is 0 Å². The number of benzene rings is 3. The van der Waals surface area contributed by atoms with Crippen molar-refractivity contribution >= 4 is 28.5 Å². The smallest absolute Gasteiger partial charge is 0.251 e. The van der Waals surface area contributed by atoms with Crippen molar-refractivity contribution in [1.82, 2.24) is 35.6 Å². The predicted molar refractivity (Wildman–Crippen MR) is 216 cm³/mol. The summed E-state index contributed by atoms with van der Waals surface area (Å²) in [6.07, 6.45) is 5.64. The van der Waals surface area contributed by atoms with Gasteiger partial charge in [0.15, 0.2) is 5.65 Å². The van der Waals surface area contributed by atoms with Crippen LogP contribution < -0.4 is 21.3 Å². The van der Waals surface area contributed by atoms with E-state index in [4.69, 9.17) is 9.72 Å². The summed E-state index contributed by atoms with van der Waals surface area (Å²) in [7, 11) is 0. The Bertz CT molecular complexity index is 2190. The molecule has 11 nitrogen and oxygen atoms in total. The van der Waals surface area contributed by atoms with Crippen molar-refractivity contribution in [2.45, 2.75) is 90.8 Å². The Balaban J connectivity index is 0.933. The zero-order chi connectivity index (χ0) is 37.9. The number of amides is 2. The lowest BCUT2D eigenvalue weighted by Crippen LogP contribution is -2.42. The maximum atomic E-state index is 13.6. The minimum Gasteiger partial charge on any atom is -0.381 e. The van der Waals surface area contributed by atoms with Gasteiger partial charge in [0.2, 0.25) is 0 Å². The predicted octanol–water partition coefficient (Wildman–Crippen LogP) is 5.99. The van der Waals surface area contributed by atoms with E-state index in [1.165, 1.54) is 17.5 Å². The van der Waals surface area contributed by atoms with Gasteiger partial charge in [0.1, 0.15) is 0 Å². The number of hydrogen-bond donors (Lipinski definition) is 4. The summed E-state index contributed by atoms with van der Waals surface area (Å²) in [5.74, 6) is -0.481. The number of carbonyl (C=O) groups is 2. The summed E-state index contributed by atoms with van der Waals surface area (Å²) in [6, 6.07) is 23.7. The molecule has 2 bridgehead atoms. The third-order valence-corrected chi connectivity index (χ3v) is 11.4. The first-order valence-electron chi connectivity index (χ1n) is 19.9. The highest BCUT2D eigenvalue weighted by atomic mass is 16.5. The molecule has 4 N–H and O–H groups in total. The standard InChI is InChI=1S/C44H52N8O3/c1-4-40-38(41(49-35-12-14-55-15-13-35)39-25-48-52(5-2)42(39)50-40)24-47-44(54)33-11-7-10-32(20-33)43(53)46-22-30-16-28(3)17-34(19-30)31-9-6-8-29(18-31)26-51-27-36-21-37(51)23-45-36/h6-11,16-20,25,35-37,45H,4-5,12-15,21-24,26-27H2,1-3H3,(H,46,53)(H,47,54)(H,49,50)/t36-,37-/m0/s1. The van der Waals surface area contributed by atoms with Gasteiger partial charge in [-0.25, -0.2) is 9.67 Å². The number of aryl methyl sites for hydroxylation is 3. The molecule has 3 aliphatic rings. The van der Waals surface area contributed by atoms with Gasteiger partial charge in [-0.2, -0.15) is 5.10 Å². The van der Waals surface area contributed by atoms with Crippen molar-refractivity contribution in [1.29, 1.82) is 0 Å². The largest absolute Gasteiger partial charge is 0.381 e. The average Bonchev–Trinajstić information content (AvgIpc) is 3.96. The van der Waals surface area contributed by atoms with Gasteiger partial charge in [-0.3, -0.25) is 14.5 Å². The highest BCUT2D eigenvalue weighted by Gasteiger charge is 2.37. The van der Waals surface area contributed by atoms with Crippen LogP contribution in [-0.2, 0) is 37.3 Å². The van der Waals surface area contributed by atoms with Gasteiger partial charge in [0, 0.05) is 93.0 Å². The molecular formula is C44H52N8O3. The molecule has 55 heavy (non-hydrogen) atoms. The molecule has 2 atom stereocenters. The van der Waals surface area contributed by atoms with Gasteiger partial charge >= 0.3 is 0 Å². The Labute approximate surface area is 323 Å². The summed E-state index contributed by atoms with van der Waals surface area (Å²) >= 11 is 0. The lowest BCUT2D eigenvalue weighted by molar-refractivity contribution is 0.0904. The fraction of sp³-hybridized carbons (Fsp3) is 0.409. The number of nitrogens with zero attached hydrogens (tertiary/aromatic N) is 4. The molecule has 0 spiro atoms. The van der Waals surface area contributed by atoms with Crippen molar-refractivity contribution in [3.63, 3.8) is 0 Å². The number of nitrogens with one attached hydrogen (secondary N) is 4. The Morgan fingerprint density at radius 3 is 2.40 bits per heavy atom. The quantitative estimate of drug-likeness (QED) is 0.116. The first kappa shape index (κ1) is 36.9. The van der Waals surface area contributed by atoms with Crippen LogP contribution in [-0.4, -0.2) is 75.9 Å². The summed E-state index contributed by atoms with van der Waals surface area (Å²) < 4.78 is 7.52. The summed E-state index contributed by atoms with van der Waals surface area (Å²) in [6.45, 7) is 12.2. The van der Waals surface area contributed by atoms with Crippen LogP contribution in [0, 0.1) is 6.92 Å². The minimum atomic E-state index is -0.252. The van der Waals surface area contributed by atoms with Crippen LogP contribution in [0.15, 0.2) is 72.9 Å². The fourth-order valence-electron chi connectivity index (χ4n) is 8.51. The topological polar surface area (TPSA) is 125 Å². The van der Waals surface area contributed by atoms with E-state index in [1.54, 1.807) is 24.3 Å². The number of anilines is 1. The fourth-order valence-corrected chi connectivity index (χ4v) is 8.51. The summed E-state index contributed by atoms with van der Waals surface area (Å²) in [5.41, 5.74) is 10.4. The van der Waals surface area contributed by atoms with Gasteiger partial charge in [-0.15, -0.1) is 0 Å². The van der Waals surface area contributed by atoms with E-state index in [-0.39, 0.29) is 17.9 Å². The Morgan fingerprint density at radius 1 is 0.909 bits per heavy atom. The molecule has 5 heterocycles. The first-order chi connectivity index (χ1) is 26.8. The van der Waals surface area contributed by atoms with Gasteiger partial charge in [-0.05, 0) is 92.1 Å². The molecule has 2 amide bonds. The number of ether oxygens (including phenoxy) is 1. The molecule has 8 rings (SSSR count). The van der Waals surface area contributed by atoms with Gasteiger partial charge < -0.3 is 26.0 Å². The van der Waals surface area contributed by atoms with Crippen molar-refractivity contribution < 1.29 is 14.3 Å². The molecule has 286 valence electrons. The zero-order valence-corrected chi connectivity index (χ0v) is 32.2. The summed E-state index contributed by atoms with van der Waals surface area (Å²) in [4.78, 5) is 34.7. The van der Waals surface area contributed by atoms with E-state index in [2.05, 4.69) is 94.5 Å². The maximum absolute atomic E-state index is 13.6. The minimum absolute atomic E-state index is 0.229. The first-order valence-corrected chi connectivity index (χ1v) is 19.9. The monoisotopic (exact) mass is 740 g/mol. The number of aromatic nitrogens is 3. The molecule has 3 saturated heterocycles. The maximum Gasteiger partial charge on any atom is 0.251 e. The molecule has 0 saturated carbocycles. The van der Waals surface area contributed by atoms with Crippen molar-refractivity contribution in [3.05, 3.63) is 112 Å². The van der Waals surface area contributed by atoms with E-state index in [0.717, 1.165) is 96.9 Å². The molecule has 0 radical (unpaired) electrons. The van der Waals surface area contributed by atoms with E-state index in [0.29, 0.717) is 42.7 Å². The zero-order valence-electron chi connectivity index (χ0n) is 32.2. The molecule has 3 fully saturated rings. The van der Waals surface area contributed by atoms with Crippen molar-refractivity contribution in [2.75, 3.05) is 31.6 Å². The molecule has 11 heteroatoms. The molecular weight excluding hydrogens is 689 g/mol. The number of rotatable bonds is 13. The summed E-state index contributed by atoms with van der Waals surface area (Å²) in [5, 5.41) is 19.1. The second-order valence-electron chi connectivity index (χ2n) is 15.3. The average molecular weight is 741 g/mol. The third kappa shape index (κ3) is 8.15. The Kier molecular flexibility index (Phi) is 10.9. The number of likely N-dealkylation sites (tertiary alicyclic amines) is 1. The van der Waals surface area contributed by atoms with Gasteiger partial charge in [-0.1, -0.05) is 48.9 Å². The van der Waals surface area contributed by atoms with Crippen LogP contribution in [0.2, 0.25) is 0 Å². The number of pyridine rings is 1. The molecule has 5 aromatic rings. The van der Waals surface area contributed by atoms with Crippen LogP contribution in [0.1, 0.15) is 81.8 Å². The van der Waals surface area contributed by atoms with Crippen LogP contribution in [0.25, 0.3) is 22.2 Å². The van der Waals surface area contributed by atoms with Crippen LogP contribution >= 0.6 is 0 Å². The van der Waals surface area contributed by atoms with E-state index in [9.17, 15) is 9.59 Å². The SMILES string of the molecule is CCc1nc2c(cnn2CC)c(NC2CCOCC2)c1CNC(=O)c1cccc(C(=O)NCc2cc(C)cc(-c3cccc(CN4C[C@@H]5C[C@H]4CN5)c3)c2)c1. The second kappa shape index (κ2) is 16.3. The van der Waals surface area contributed by atoms with Gasteiger partial charge in [0.05, 0.1) is 17.3 Å². The van der Waals surface area contributed by atoms with Crippen molar-refractivity contribution in [2.24, 2.45) is 0 Å².